The third kappa shape index (κ3) is 10.2. The highest BCUT2D eigenvalue weighted by Gasteiger charge is 2.20. The highest BCUT2D eigenvalue weighted by atomic mass is 127. The van der Waals surface area contributed by atoms with Gasteiger partial charge in [-0.2, -0.15) is 0 Å². The number of para-hydroxylation sites is 1. The predicted octanol–water partition coefficient (Wildman–Crippen LogP) is 1.36. The standard InChI is InChI=1S/C18H30N4O3S.HI/c1-2-19-18(20-9-6-14-25-17-7-4-3-5-8-17)21-10-11-22-12-15-26(23,24)16-13-22;/h3-5,7-8H,2,6,9-16H2,1H3,(H2,19,20,21);1H. The van der Waals surface area contributed by atoms with Gasteiger partial charge in [0.2, 0.25) is 0 Å². The second-order valence-electron chi connectivity index (χ2n) is 6.20. The molecule has 0 aliphatic carbocycles. The molecule has 1 saturated heterocycles. The van der Waals surface area contributed by atoms with Gasteiger partial charge in [-0.15, -0.1) is 24.0 Å². The van der Waals surface area contributed by atoms with Crippen LogP contribution in [0.5, 0.6) is 5.75 Å². The Morgan fingerprint density at radius 2 is 1.89 bits per heavy atom. The fourth-order valence-corrected chi connectivity index (χ4v) is 3.89. The second kappa shape index (κ2) is 13.2. The molecule has 1 aromatic carbocycles. The summed E-state index contributed by atoms with van der Waals surface area (Å²) in [6.07, 6.45) is 0.843. The summed E-state index contributed by atoms with van der Waals surface area (Å²) in [5, 5.41) is 6.53. The zero-order valence-corrected chi connectivity index (χ0v) is 19.0. The van der Waals surface area contributed by atoms with Gasteiger partial charge in [0.1, 0.15) is 5.75 Å². The minimum Gasteiger partial charge on any atom is -0.494 e. The predicted molar refractivity (Wildman–Crippen MR) is 121 cm³/mol. The summed E-state index contributed by atoms with van der Waals surface area (Å²) in [7, 11) is -2.81. The van der Waals surface area contributed by atoms with E-state index in [1.807, 2.05) is 37.3 Å². The number of ether oxygens (including phenoxy) is 1. The van der Waals surface area contributed by atoms with Gasteiger partial charge in [0.25, 0.3) is 0 Å². The number of hydrogen-bond donors (Lipinski definition) is 2. The van der Waals surface area contributed by atoms with E-state index in [0.717, 1.165) is 37.8 Å². The summed E-state index contributed by atoms with van der Waals surface area (Å²) < 4.78 is 28.5. The number of guanidine groups is 1. The van der Waals surface area contributed by atoms with Crippen LogP contribution in [0.2, 0.25) is 0 Å². The maximum Gasteiger partial charge on any atom is 0.191 e. The molecule has 1 aliphatic rings. The number of rotatable bonds is 9. The zero-order chi connectivity index (χ0) is 18.7. The molecule has 1 heterocycles. The Morgan fingerprint density at radius 3 is 2.56 bits per heavy atom. The van der Waals surface area contributed by atoms with Crippen LogP contribution in [0.4, 0.5) is 0 Å². The van der Waals surface area contributed by atoms with Gasteiger partial charge >= 0.3 is 0 Å². The lowest BCUT2D eigenvalue weighted by Gasteiger charge is -2.26. The lowest BCUT2D eigenvalue weighted by molar-refractivity contribution is 0.299. The van der Waals surface area contributed by atoms with E-state index in [2.05, 4.69) is 20.5 Å². The molecule has 0 atom stereocenters. The summed E-state index contributed by atoms with van der Waals surface area (Å²) in [6.45, 7) is 6.95. The minimum atomic E-state index is -2.81. The van der Waals surface area contributed by atoms with Crippen molar-refractivity contribution in [3.8, 4) is 5.75 Å². The molecule has 0 aromatic heterocycles. The van der Waals surface area contributed by atoms with Crippen molar-refractivity contribution in [3.05, 3.63) is 30.3 Å². The number of hydrogen-bond acceptors (Lipinski definition) is 5. The van der Waals surface area contributed by atoms with Gasteiger partial charge in [-0.05, 0) is 19.1 Å². The van der Waals surface area contributed by atoms with Crippen LogP contribution in [0, 0.1) is 0 Å². The van der Waals surface area contributed by atoms with Gasteiger partial charge in [0.05, 0.1) is 18.1 Å². The molecular weight excluding hydrogens is 479 g/mol. The third-order valence-electron chi connectivity index (χ3n) is 4.09. The first-order valence-electron chi connectivity index (χ1n) is 9.22. The molecule has 0 radical (unpaired) electrons. The van der Waals surface area contributed by atoms with Gasteiger partial charge in [-0.1, -0.05) is 18.2 Å². The van der Waals surface area contributed by atoms with Crippen molar-refractivity contribution in [2.45, 2.75) is 13.3 Å². The first kappa shape index (κ1) is 24.0. The average Bonchev–Trinajstić information content (AvgIpc) is 2.63. The van der Waals surface area contributed by atoms with Gasteiger partial charge in [-0.25, -0.2) is 8.42 Å². The Hall–Kier alpha value is -1.07. The summed E-state index contributed by atoms with van der Waals surface area (Å²) in [5.74, 6) is 2.20. The Labute approximate surface area is 179 Å². The molecule has 0 amide bonds. The van der Waals surface area contributed by atoms with Crippen LogP contribution in [0.25, 0.3) is 0 Å². The summed E-state index contributed by atoms with van der Waals surface area (Å²) >= 11 is 0. The largest absolute Gasteiger partial charge is 0.494 e. The van der Waals surface area contributed by atoms with Crippen molar-refractivity contribution >= 4 is 39.8 Å². The monoisotopic (exact) mass is 510 g/mol. The molecule has 0 unspecified atom stereocenters. The van der Waals surface area contributed by atoms with Gasteiger partial charge in [0.15, 0.2) is 15.8 Å². The first-order valence-corrected chi connectivity index (χ1v) is 11.0. The van der Waals surface area contributed by atoms with Gasteiger partial charge in [-0.3, -0.25) is 9.89 Å². The molecule has 0 saturated carbocycles. The molecule has 0 spiro atoms. The molecule has 27 heavy (non-hydrogen) atoms. The number of halogens is 1. The van der Waals surface area contributed by atoms with Crippen LogP contribution in [0.3, 0.4) is 0 Å². The van der Waals surface area contributed by atoms with E-state index >= 15 is 0 Å². The molecule has 154 valence electrons. The van der Waals surface area contributed by atoms with Crippen molar-refractivity contribution in [2.24, 2.45) is 4.99 Å². The maximum absolute atomic E-state index is 11.4. The van der Waals surface area contributed by atoms with Crippen molar-refractivity contribution in [2.75, 3.05) is 57.4 Å². The molecule has 1 aromatic rings. The molecule has 2 N–H and O–H groups in total. The van der Waals surface area contributed by atoms with E-state index in [1.54, 1.807) is 0 Å². The van der Waals surface area contributed by atoms with E-state index < -0.39 is 9.84 Å². The molecule has 2 rings (SSSR count). The Morgan fingerprint density at radius 1 is 1.19 bits per heavy atom. The molecule has 9 heteroatoms. The van der Waals surface area contributed by atoms with Crippen molar-refractivity contribution in [3.63, 3.8) is 0 Å². The quantitative estimate of drug-likeness (QED) is 0.226. The number of sulfone groups is 1. The zero-order valence-electron chi connectivity index (χ0n) is 15.9. The Kier molecular flexibility index (Phi) is 11.7. The molecule has 1 aliphatic heterocycles. The normalized spacial score (nSPS) is 17.0. The smallest absolute Gasteiger partial charge is 0.191 e. The lowest BCUT2D eigenvalue weighted by atomic mass is 10.3. The summed E-state index contributed by atoms with van der Waals surface area (Å²) in [5.41, 5.74) is 0. The van der Waals surface area contributed by atoms with Crippen LogP contribution in [0.1, 0.15) is 13.3 Å². The lowest BCUT2D eigenvalue weighted by Crippen LogP contribution is -2.46. The maximum atomic E-state index is 11.4. The summed E-state index contributed by atoms with van der Waals surface area (Å²) in [4.78, 5) is 6.72. The van der Waals surface area contributed by atoms with E-state index in [4.69, 9.17) is 4.74 Å². The number of nitrogens with zero attached hydrogens (tertiary/aromatic N) is 2. The van der Waals surface area contributed by atoms with E-state index in [1.165, 1.54) is 0 Å². The first-order chi connectivity index (χ1) is 12.6. The van der Waals surface area contributed by atoms with E-state index in [9.17, 15) is 8.42 Å². The number of benzene rings is 1. The number of nitrogens with one attached hydrogen (secondary N) is 2. The van der Waals surface area contributed by atoms with Crippen molar-refractivity contribution < 1.29 is 13.2 Å². The molecular formula is C18H31IN4O3S. The fourth-order valence-electron chi connectivity index (χ4n) is 2.61. The molecule has 7 nitrogen and oxygen atoms in total. The van der Waals surface area contributed by atoms with E-state index in [-0.39, 0.29) is 35.5 Å². The van der Waals surface area contributed by atoms with Crippen molar-refractivity contribution in [1.82, 2.24) is 15.5 Å². The third-order valence-corrected chi connectivity index (χ3v) is 5.70. The van der Waals surface area contributed by atoms with Crippen LogP contribution in [-0.4, -0.2) is 76.7 Å². The Balaban J connectivity index is 0.00000364. The van der Waals surface area contributed by atoms with Crippen LogP contribution in [0.15, 0.2) is 35.3 Å². The van der Waals surface area contributed by atoms with Crippen LogP contribution < -0.4 is 15.4 Å². The molecule has 1 fully saturated rings. The number of aliphatic imine (C=N–C) groups is 1. The average molecular weight is 510 g/mol. The van der Waals surface area contributed by atoms with Gasteiger partial charge < -0.3 is 15.4 Å². The minimum absolute atomic E-state index is 0. The molecule has 0 bridgehead atoms. The van der Waals surface area contributed by atoms with Crippen LogP contribution in [-0.2, 0) is 9.84 Å². The topological polar surface area (TPSA) is 83.0 Å². The second-order valence-corrected chi connectivity index (χ2v) is 8.50. The highest BCUT2D eigenvalue weighted by molar-refractivity contribution is 14.0. The Bertz CT molecular complexity index is 642. The van der Waals surface area contributed by atoms with Crippen molar-refractivity contribution in [1.29, 1.82) is 0 Å². The SMILES string of the molecule is CCNC(=NCCCOc1ccccc1)NCCN1CCS(=O)(=O)CC1.I. The summed E-state index contributed by atoms with van der Waals surface area (Å²) in [6, 6.07) is 9.77. The van der Waals surface area contributed by atoms with E-state index in [0.29, 0.717) is 26.2 Å². The van der Waals surface area contributed by atoms with Crippen LogP contribution >= 0.6 is 24.0 Å². The highest BCUT2D eigenvalue weighted by Crippen LogP contribution is 2.08. The fraction of sp³-hybridized carbons (Fsp3) is 0.611. The van der Waals surface area contributed by atoms with Gasteiger partial charge in [0, 0.05) is 45.7 Å².